The number of rotatable bonds is 4. The Morgan fingerprint density at radius 1 is 0.933 bits per heavy atom. The molecule has 30 heavy (non-hydrogen) atoms. The normalized spacial score (nSPS) is 11.0. The first-order chi connectivity index (χ1) is 14.7. The summed E-state index contributed by atoms with van der Waals surface area (Å²) in [6.07, 6.45) is 0. The number of ether oxygens (including phenoxy) is 1. The van der Waals surface area contributed by atoms with Gasteiger partial charge in [0.25, 0.3) is 5.91 Å². The van der Waals surface area contributed by atoms with Gasteiger partial charge in [-0.25, -0.2) is 4.98 Å². The van der Waals surface area contributed by atoms with Crippen LogP contribution < -0.4 is 10.1 Å². The number of thiazole rings is 1. The van der Waals surface area contributed by atoms with Gasteiger partial charge in [0.15, 0.2) is 0 Å². The van der Waals surface area contributed by atoms with Gasteiger partial charge in [0, 0.05) is 11.1 Å². The number of hydrogen-bond acceptors (Lipinski definition) is 4. The molecule has 5 aromatic rings. The van der Waals surface area contributed by atoms with Crippen LogP contribution in [0.25, 0.3) is 31.6 Å². The molecular formula is C25H18N2O2S. The second-order valence-electron chi connectivity index (χ2n) is 6.88. The van der Waals surface area contributed by atoms with E-state index in [1.807, 2.05) is 78.9 Å². The Morgan fingerprint density at radius 2 is 1.73 bits per heavy atom. The van der Waals surface area contributed by atoms with Gasteiger partial charge in [-0.1, -0.05) is 48.5 Å². The van der Waals surface area contributed by atoms with E-state index in [-0.39, 0.29) is 5.91 Å². The van der Waals surface area contributed by atoms with Gasteiger partial charge >= 0.3 is 0 Å². The number of methoxy groups -OCH3 is 1. The fraction of sp³-hybridized carbons (Fsp3) is 0.0400. The number of hydrogen-bond donors (Lipinski definition) is 1. The van der Waals surface area contributed by atoms with E-state index in [0.29, 0.717) is 17.0 Å². The van der Waals surface area contributed by atoms with Crippen LogP contribution in [0.4, 0.5) is 5.69 Å². The third-order valence-corrected chi connectivity index (χ3v) is 6.11. The zero-order valence-corrected chi connectivity index (χ0v) is 17.1. The molecule has 1 amide bonds. The maximum absolute atomic E-state index is 13.1. The van der Waals surface area contributed by atoms with Crippen LogP contribution in [0.1, 0.15) is 10.4 Å². The van der Waals surface area contributed by atoms with Crippen LogP contribution in [0.5, 0.6) is 5.75 Å². The number of amides is 1. The maximum Gasteiger partial charge on any atom is 0.256 e. The summed E-state index contributed by atoms with van der Waals surface area (Å²) < 4.78 is 6.62. The largest absolute Gasteiger partial charge is 0.495 e. The summed E-state index contributed by atoms with van der Waals surface area (Å²) in [4.78, 5) is 17.8. The fourth-order valence-corrected chi connectivity index (χ4v) is 4.51. The van der Waals surface area contributed by atoms with Crippen LogP contribution in [-0.2, 0) is 0 Å². The molecule has 0 aliphatic heterocycles. The number of aromatic nitrogens is 1. The highest BCUT2D eigenvalue weighted by Gasteiger charge is 2.15. The Bertz CT molecular complexity index is 1350. The first-order valence-electron chi connectivity index (χ1n) is 9.56. The van der Waals surface area contributed by atoms with Crippen molar-refractivity contribution >= 4 is 43.9 Å². The van der Waals surface area contributed by atoms with Gasteiger partial charge in [-0.2, -0.15) is 0 Å². The molecular weight excluding hydrogens is 392 g/mol. The summed E-state index contributed by atoms with van der Waals surface area (Å²) in [7, 11) is 1.60. The topological polar surface area (TPSA) is 51.2 Å². The number of nitrogens with one attached hydrogen (secondary N) is 1. The Balaban J connectivity index is 1.53. The first-order valence-corrected chi connectivity index (χ1v) is 10.4. The maximum atomic E-state index is 13.1. The lowest BCUT2D eigenvalue weighted by molar-refractivity contribution is 0.102. The smallest absolute Gasteiger partial charge is 0.256 e. The summed E-state index contributed by atoms with van der Waals surface area (Å²) in [6, 6.07) is 27.4. The molecule has 0 saturated carbocycles. The van der Waals surface area contributed by atoms with Crippen LogP contribution in [-0.4, -0.2) is 18.0 Å². The Hall–Kier alpha value is -3.70. The van der Waals surface area contributed by atoms with Gasteiger partial charge < -0.3 is 10.1 Å². The van der Waals surface area contributed by atoms with Gasteiger partial charge in [-0.3, -0.25) is 4.79 Å². The number of fused-ring (bicyclic) bond motifs is 2. The molecule has 0 aliphatic carbocycles. The van der Waals surface area contributed by atoms with Crippen molar-refractivity contribution in [1.29, 1.82) is 0 Å². The van der Waals surface area contributed by atoms with Gasteiger partial charge in [-0.05, 0) is 47.2 Å². The Labute approximate surface area is 177 Å². The second-order valence-corrected chi connectivity index (χ2v) is 7.91. The lowest BCUT2D eigenvalue weighted by Gasteiger charge is -2.12. The molecule has 1 N–H and O–H groups in total. The molecule has 0 saturated heterocycles. The summed E-state index contributed by atoms with van der Waals surface area (Å²) in [5, 5.41) is 5.87. The van der Waals surface area contributed by atoms with E-state index in [1.165, 1.54) is 0 Å². The number of anilines is 1. The molecule has 0 aliphatic rings. The lowest BCUT2D eigenvalue weighted by Crippen LogP contribution is -2.13. The second kappa shape index (κ2) is 7.61. The Morgan fingerprint density at radius 3 is 2.60 bits per heavy atom. The number of nitrogens with zero attached hydrogens (tertiary/aromatic N) is 1. The van der Waals surface area contributed by atoms with Gasteiger partial charge in [0.05, 0.1) is 23.0 Å². The highest BCUT2D eigenvalue weighted by Crippen LogP contribution is 2.35. The first kappa shape index (κ1) is 18.3. The molecule has 4 aromatic carbocycles. The molecule has 0 radical (unpaired) electrons. The lowest BCUT2D eigenvalue weighted by atomic mass is 10.0. The van der Waals surface area contributed by atoms with Crippen molar-refractivity contribution in [2.45, 2.75) is 0 Å². The van der Waals surface area contributed by atoms with Crippen molar-refractivity contribution in [3.63, 3.8) is 0 Å². The molecule has 0 bridgehead atoms. The van der Waals surface area contributed by atoms with E-state index in [2.05, 4.69) is 11.4 Å². The number of carbonyl (C=O) groups excluding carboxylic acids is 1. The predicted molar refractivity (Wildman–Crippen MR) is 124 cm³/mol. The molecule has 0 atom stereocenters. The van der Waals surface area contributed by atoms with Crippen LogP contribution in [0, 0.1) is 0 Å². The molecule has 5 heteroatoms. The fourth-order valence-electron chi connectivity index (χ4n) is 3.55. The monoisotopic (exact) mass is 410 g/mol. The highest BCUT2D eigenvalue weighted by atomic mass is 32.1. The molecule has 1 heterocycles. The molecule has 0 spiro atoms. The molecule has 4 nitrogen and oxygen atoms in total. The third kappa shape index (κ3) is 3.29. The van der Waals surface area contributed by atoms with E-state index in [0.717, 1.165) is 31.6 Å². The van der Waals surface area contributed by atoms with Crippen molar-refractivity contribution < 1.29 is 9.53 Å². The van der Waals surface area contributed by atoms with E-state index < -0.39 is 0 Å². The number of para-hydroxylation sites is 1. The van der Waals surface area contributed by atoms with E-state index in [4.69, 9.17) is 9.72 Å². The molecule has 5 rings (SSSR count). The van der Waals surface area contributed by atoms with Crippen molar-refractivity contribution in [2.24, 2.45) is 0 Å². The van der Waals surface area contributed by atoms with Gasteiger partial charge in [-0.15, -0.1) is 11.3 Å². The molecule has 0 fully saturated rings. The van der Waals surface area contributed by atoms with Crippen molar-refractivity contribution in [1.82, 2.24) is 4.98 Å². The summed E-state index contributed by atoms with van der Waals surface area (Å²) in [5.74, 6) is 0.431. The average molecular weight is 410 g/mol. The standard InChI is InChI=1S/C25H18N2O2S/c1-29-22-14-13-17(25-27-20-11-4-5-12-23(20)30-25)15-21(22)26-24(28)19-10-6-8-16-7-2-3-9-18(16)19/h2-15H,1H3,(H,26,28). The number of benzene rings is 4. The molecule has 146 valence electrons. The summed E-state index contributed by atoms with van der Waals surface area (Å²) >= 11 is 1.63. The van der Waals surface area contributed by atoms with Gasteiger partial charge in [0.2, 0.25) is 0 Å². The Kier molecular flexibility index (Phi) is 4.65. The van der Waals surface area contributed by atoms with Crippen LogP contribution in [0.3, 0.4) is 0 Å². The minimum atomic E-state index is -0.174. The molecule has 0 unspecified atom stereocenters. The van der Waals surface area contributed by atoms with Crippen LogP contribution in [0.15, 0.2) is 84.9 Å². The summed E-state index contributed by atoms with van der Waals surface area (Å²) in [5.41, 5.74) is 3.15. The zero-order chi connectivity index (χ0) is 20.5. The average Bonchev–Trinajstić information content (AvgIpc) is 3.23. The minimum absolute atomic E-state index is 0.174. The quantitative estimate of drug-likeness (QED) is 0.374. The number of carbonyl (C=O) groups is 1. The van der Waals surface area contributed by atoms with Crippen LogP contribution in [0.2, 0.25) is 0 Å². The van der Waals surface area contributed by atoms with Gasteiger partial charge in [0.1, 0.15) is 10.8 Å². The van der Waals surface area contributed by atoms with E-state index in [9.17, 15) is 4.79 Å². The van der Waals surface area contributed by atoms with Crippen molar-refractivity contribution in [2.75, 3.05) is 12.4 Å². The van der Waals surface area contributed by atoms with Crippen molar-refractivity contribution in [3.8, 4) is 16.3 Å². The van der Waals surface area contributed by atoms with Crippen LogP contribution >= 0.6 is 11.3 Å². The predicted octanol–water partition coefficient (Wildman–Crippen LogP) is 6.38. The third-order valence-electron chi connectivity index (χ3n) is 5.02. The highest BCUT2D eigenvalue weighted by molar-refractivity contribution is 7.21. The molecule has 1 aromatic heterocycles. The zero-order valence-electron chi connectivity index (χ0n) is 16.3. The SMILES string of the molecule is COc1ccc(-c2nc3ccccc3s2)cc1NC(=O)c1cccc2ccccc12. The van der Waals surface area contributed by atoms with E-state index >= 15 is 0 Å². The summed E-state index contributed by atoms with van der Waals surface area (Å²) in [6.45, 7) is 0. The van der Waals surface area contributed by atoms with E-state index in [1.54, 1.807) is 18.4 Å². The van der Waals surface area contributed by atoms with Crippen molar-refractivity contribution in [3.05, 3.63) is 90.5 Å². The minimum Gasteiger partial charge on any atom is -0.495 e.